The molecule has 0 saturated carbocycles. The van der Waals surface area contributed by atoms with Crippen molar-refractivity contribution in [3.8, 4) is 0 Å². The van der Waals surface area contributed by atoms with Crippen LogP contribution in [0.3, 0.4) is 0 Å². The summed E-state index contributed by atoms with van der Waals surface area (Å²) in [6.45, 7) is 0. The Bertz CT molecular complexity index is 847. The minimum Gasteiger partial charge on any atom is -0.249 e. The Kier molecular flexibility index (Phi) is 5.04. The summed E-state index contributed by atoms with van der Waals surface area (Å²) in [7, 11) is 0. The van der Waals surface area contributed by atoms with Crippen LogP contribution in [0.5, 0.6) is 0 Å². The molecule has 0 atom stereocenters. The molecule has 0 fully saturated rings. The lowest BCUT2D eigenvalue weighted by Gasteiger charge is -1.97. The molecule has 0 radical (unpaired) electrons. The van der Waals surface area contributed by atoms with E-state index in [4.69, 9.17) is 0 Å². The van der Waals surface area contributed by atoms with Crippen LogP contribution in [0.2, 0.25) is 0 Å². The Morgan fingerprint density at radius 1 is 0.600 bits per heavy atom. The van der Waals surface area contributed by atoms with Crippen molar-refractivity contribution in [2.45, 2.75) is 0 Å². The van der Waals surface area contributed by atoms with Gasteiger partial charge in [0.05, 0.1) is 0 Å². The van der Waals surface area contributed by atoms with Gasteiger partial charge in [0.25, 0.3) is 0 Å². The number of rotatable bonds is 4. The van der Waals surface area contributed by atoms with E-state index < -0.39 is 23.3 Å². The average Bonchev–Trinajstić information content (AvgIpc) is 3.02. The molecule has 0 N–H and O–H groups in total. The van der Waals surface area contributed by atoms with Gasteiger partial charge in [-0.15, -0.1) is 11.3 Å². The molecule has 0 spiro atoms. The fraction of sp³-hybridized carbons (Fsp3) is 0. The molecule has 3 rings (SSSR count). The van der Waals surface area contributed by atoms with Gasteiger partial charge in [0, 0.05) is 22.2 Å². The zero-order chi connectivity index (χ0) is 17.8. The van der Waals surface area contributed by atoms with E-state index in [0.29, 0.717) is 9.75 Å². The van der Waals surface area contributed by atoms with E-state index in [2.05, 4.69) is 9.98 Å². The van der Waals surface area contributed by atoms with Crippen molar-refractivity contribution in [1.29, 1.82) is 0 Å². The summed E-state index contributed by atoms with van der Waals surface area (Å²) in [5.74, 6) is -3.04. The second-order valence-corrected chi connectivity index (χ2v) is 6.04. The first-order valence-corrected chi connectivity index (χ1v) is 7.92. The molecule has 25 heavy (non-hydrogen) atoms. The van der Waals surface area contributed by atoms with Crippen LogP contribution in [0.4, 0.5) is 28.9 Å². The molecule has 0 aliphatic heterocycles. The van der Waals surface area contributed by atoms with Crippen LogP contribution >= 0.6 is 11.3 Å². The zero-order valence-corrected chi connectivity index (χ0v) is 13.4. The second-order valence-electron chi connectivity index (χ2n) is 4.90. The number of thiophene rings is 1. The Balaban J connectivity index is 1.79. The van der Waals surface area contributed by atoms with Gasteiger partial charge in [-0.25, -0.2) is 27.5 Å². The predicted octanol–water partition coefficient (Wildman–Crippen LogP) is 5.81. The maximum Gasteiger partial charge on any atom is 0.151 e. The minimum atomic E-state index is -0.760. The lowest BCUT2D eigenvalue weighted by molar-refractivity contribution is 0.587. The van der Waals surface area contributed by atoms with Crippen LogP contribution in [0.15, 0.2) is 58.5 Å². The van der Waals surface area contributed by atoms with Gasteiger partial charge >= 0.3 is 0 Å². The van der Waals surface area contributed by atoms with Crippen LogP contribution in [0, 0.1) is 23.3 Å². The molecular formula is C18H10F4N2S. The average molecular weight is 362 g/mol. The Labute approximate surface area is 144 Å². The first kappa shape index (κ1) is 17.0. The van der Waals surface area contributed by atoms with Gasteiger partial charge in [-0.1, -0.05) is 12.1 Å². The molecule has 126 valence electrons. The van der Waals surface area contributed by atoms with E-state index in [9.17, 15) is 17.6 Å². The van der Waals surface area contributed by atoms with Gasteiger partial charge in [0.1, 0.15) is 11.4 Å². The van der Waals surface area contributed by atoms with Crippen molar-refractivity contribution >= 4 is 35.1 Å². The van der Waals surface area contributed by atoms with E-state index in [0.717, 1.165) is 24.3 Å². The third kappa shape index (κ3) is 4.00. The van der Waals surface area contributed by atoms with Crippen LogP contribution in [0.1, 0.15) is 9.75 Å². The molecule has 3 aromatic rings. The number of aliphatic imine (C=N–C) groups is 2. The van der Waals surface area contributed by atoms with Crippen molar-refractivity contribution in [3.63, 3.8) is 0 Å². The molecule has 1 heterocycles. The summed E-state index contributed by atoms with van der Waals surface area (Å²) in [5.41, 5.74) is -0.751. The Morgan fingerprint density at radius 2 is 0.960 bits per heavy atom. The van der Waals surface area contributed by atoms with E-state index >= 15 is 0 Å². The third-order valence-electron chi connectivity index (χ3n) is 3.16. The van der Waals surface area contributed by atoms with E-state index in [1.54, 1.807) is 12.1 Å². The molecular weight excluding hydrogens is 352 g/mol. The van der Waals surface area contributed by atoms with Crippen molar-refractivity contribution < 1.29 is 17.6 Å². The van der Waals surface area contributed by atoms with E-state index in [1.165, 1.54) is 35.9 Å². The molecule has 0 aliphatic carbocycles. The fourth-order valence-corrected chi connectivity index (χ4v) is 2.74. The van der Waals surface area contributed by atoms with Crippen molar-refractivity contribution in [2.75, 3.05) is 0 Å². The largest absolute Gasteiger partial charge is 0.249 e. The summed E-state index contributed by atoms with van der Waals surface area (Å²) < 4.78 is 54.0. The summed E-state index contributed by atoms with van der Waals surface area (Å²) in [6, 6.07) is 10.3. The highest BCUT2D eigenvalue weighted by atomic mass is 32.1. The molecule has 1 aromatic heterocycles. The SMILES string of the molecule is Fc1cccc(F)c1N=Cc1ccc(C=Nc2c(F)cccc2F)s1. The molecule has 7 heteroatoms. The lowest BCUT2D eigenvalue weighted by Crippen LogP contribution is -1.83. The van der Waals surface area contributed by atoms with Gasteiger partial charge < -0.3 is 0 Å². The number of halogens is 4. The highest BCUT2D eigenvalue weighted by Crippen LogP contribution is 2.24. The smallest absolute Gasteiger partial charge is 0.151 e. The highest BCUT2D eigenvalue weighted by molar-refractivity contribution is 7.15. The summed E-state index contributed by atoms with van der Waals surface area (Å²) in [4.78, 5) is 8.83. The lowest BCUT2D eigenvalue weighted by atomic mass is 10.3. The number of nitrogens with zero attached hydrogens (tertiary/aromatic N) is 2. The normalized spacial score (nSPS) is 11.7. The maximum absolute atomic E-state index is 13.5. The van der Waals surface area contributed by atoms with Crippen molar-refractivity contribution in [1.82, 2.24) is 0 Å². The number of hydrogen-bond acceptors (Lipinski definition) is 3. The highest BCUT2D eigenvalue weighted by Gasteiger charge is 2.07. The molecule has 0 aliphatic rings. The Hall–Kier alpha value is -2.80. The molecule has 0 bridgehead atoms. The van der Waals surface area contributed by atoms with E-state index in [1.807, 2.05) is 0 Å². The number of hydrogen-bond donors (Lipinski definition) is 0. The van der Waals surface area contributed by atoms with Gasteiger partial charge in [0.15, 0.2) is 23.3 Å². The molecule has 2 aromatic carbocycles. The first-order chi connectivity index (χ1) is 12.0. The Morgan fingerprint density at radius 3 is 1.32 bits per heavy atom. The van der Waals surface area contributed by atoms with Crippen molar-refractivity contribution in [2.24, 2.45) is 9.98 Å². The monoisotopic (exact) mass is 362 g/mol. The van der Waals surface area contributed by atoms with Gasteiger partial charge in [0.2, 0.25) is 0 Å². The maximum atomic E-state index is 13.5. The first-order valence-electron chi connectivity index (χ1n) is 7.10. The summed E-state index contributed by atoms with van der Waals surface area (Å²) in [5, 5.41) is 0. The van der Waals surface area contributed by atoms with Crippen molar-refractivity contribution in [3.05, 3.63) is 81.6 Å². The predicted molar refractivity (Wildman–Crippen MR) is 91.5 cm³/mol. The standard InChI is InChI=1S/C18H10F4N2S/c19-13-3-1-4-14(20)17(13)23-9-11-7-8-12(25-11)10-24-18-15(21)5-2-6-16(18)22/h1-10H. The minimum absolute atomic E-state index is 0.375. The zero-order valence-electron chi connectivity index (χ0n) is 12.6. The van der Waals surface area contributed by atoms with Gasteiger partial charge in [-0.3, -0.25) is 0 Å². The van der Waals surface area contributed by atoms with Gasteiger partial charge in [-0.05, 0) is 36.4 Å². The molecule has 0 saturated heterocycles. The fourth-order valence-electron chi connectivity index (χ4n) is 1.99. The van der Waals surface area contributed by atoms with Crippen LogP contribution < -0.4 is 0 Å². The molecule has 2 nitrogen and oxygen atoms in total. The van der Waals surface area contributed by atoms with Gasteiger partial charge in [-0.2, -0.15) is 0 Å². The summed E-state index contributed by atoms with van der Waals surface area (Å²) in [6.07, 6.45) is 2.63. The summed E-state index contributed by atoms with van der Waals surface area (Å²) >= 11 is 1.21. The second kappa shape index (κ2) is 7.40. The topological polar surface area (TPSA) is 24.7 Å². The van der Waals surface area contributed by atoms with E-state index in [-0.39, 0.29) is 11.4 Å². The molecule has 0 unspecified atom stereocenters. The number of para-hydroxylation sites is 2. The number of benzene rings is 2. The molecule has 0 amide bonds. The van der Waals surface area contributed by atoms with Crippen LogP contribution in [0.25, 0.3) is 0 Å². The third-order valence-corrected chi connectivity index (χ3v) is 4.12. The quantitative estimate of drug-likeness (QED) is 0.414. The van der Waals surface area contributed by atoms with Crippen LogP contribution in [-0.4, -0.2) is 12.4 Å². The van der Waals surface area contributed by atoms with Crippen LogP contribution in [-0.2, 0) is 0 Å².